The highest BCUT2D eigenvalue weighted by atomic mass is 32.1. The zero-order valence-corrected chi connectivity index (χ0v) is 11.3. The molecule has 1 heterocycles. The molecule has 1 aromatic heterocycles. The van der Waals surface area contributed by atoms with Gasteiger partial charge in [0.15, 0.2) is 0 Å². The molecule has 0 unspecified atom stereocenters. The monoisotopic (exact) mass is 247 g/mol. The fourth-order valence-corrected chi connectivity index (χ4v) is 2.41. The van der Waals surface area contributed by atoms with Crippen LogP contribution >= 0.6 is 11.3 Å². The summed E-state index contributed by atoms with van der Waals surface area (Å²) in [7, 11) is 1.95. The molecule has 0 spiro atoms. The predicted octanol–water partition coefficient (Wildman–Crippen LogP) is 2.58. The van der Waals surface area contributed by atoms with Crippen LogP contribution in [0.15, 0.2) is 18.2 Å². The number of nitrogens with zero attached hydrogens (tertiary/aromatic N) is 2. The van der Waals surface area contributed by atoms with E-state index in [1.807, 2.05) is 7.05 Å². The topological polar surface area (TPSA) is 37.8 Å². The Bertz CT molecular complexity index is 505. The second-order valence-electron chi connectivity index (χ2n) is 4.15. The highest BCUT2D eigenvalue weighted by Gasteiger charge is 2.07. The van der Waals surface area contributed by atoms with E-state index in [1.165, 1.54) is 16.7 Å². The van der Waals surface area contributed by atoms with E-state index in [4.69, 9.17) is 0 Å². The standard InChI is InChI=1S/C13H17N3S/c1-9-4-5-11(8-10(9)2)13-16-15-12(17-13)6-7-14-3/h4-5,8,14H,6-7H2,1-3H3. The zero-order valence-electron chi connectivity index (χ0n) is 10.4. The molecule has 0 bridgehead atoms. The molecule has 2 rings (SSSR count). The molecular formula is C13H17N3S. The Labute approximate surface area is 106 Å². The molecule has 90 valence electrons. The number of rotatable bonds is 4. The van der Waals surface area contributed by atoms with Gasteiger partial charge in [0.1, 0.15) is 10.0 Å². The molecule has 17 heavy (non-hydrogen) atoms. The van der Waals surface area contributed by atoms with E-state index in [2.05, 4.69) is 47.6 Å². The highest BCUT2D eigenvalue weighted by molar-refractivity contribution is 7.14. The van der Waals surface area contributed by atoms with E-state index >= 15 is 0 Å². The van der Waals surface area contributed by atoms with Crippen LogP contribution in [0.1, 0.15) is 16.1 Å². The Morgan fingerprint density at radius 3 is 2.71 bits per heavy atom. The number of aryl methyl sites for hydroxylation is 2. The van der Waals surface area contributed by atoms with Gasteiger partial charge >= 0.3 is 0 Å². The average molecular weight is 247 g/mol. The zero-order chi connectivity index (χ0) is 12.3. The van der Waals surface area contributed by atoms with Crippen LogP contribution in [0.2, 0.25) is 0 Å². The Hall–Kier alpha value is -1.26. The second-order valence-corrected chi connectivity index (χ2v) is 5.22. The summed E-state index contributed by atoms with van der Waals surface area (Å²) < 4.78 is 0. The smallest absolute Gasteiger partial charge is 0.147 e. The molecule has 0 aliphatic carbocycles. The van der Waals surface area contributed by atoms with Gasteiger partial charge in [-0.3, -0.25) is 0 Å². The number of hydrogen-bond acceptors (Lipinski definition) is 4. The molecule has 3 nitrogen and oxygen atoms in total. The quantitative estimate of drug-likeness (QED) is 0.902. The van der Waals surface area contributed by atoms with Crippen molar-refractivity contribution in [3.8, 4) is 10.6 Å². The molecule has 0 aliphatic heterocycles. The summed E-state index contributed by atoms with van der Waals surface area (Å²) >= 11 is 1.68. The van der Waals surface area contributed by atoms with Crippen LogP contribution < -0.4 is 5.32 Å². The van der Waals surface area contributed by atoms with Gasteiger partial charge in [-0.1, -0.05) is 23.5 Å². The fraction of sp³-hybridized carbons (Fsp3) is 0.385. The summed E-state index contributed by atoms with van der Waals surface area (Å²) in [6.45, 7) is 5.20. The first-order chi connectivity index (χ1) is 8.20. The van der Waals surface area contributed by atoms with Crippen LogP contribution in [0.4, 0.5) is 0 Å². The van der Waals surface area contributed by atoms with Crippen molar-refractivity contribution in [3.63, 3.8) is 0 Å². The number of benzene rings is 1. The lowest BCUT2D eigenvalue weighted by molar-refractivity contribution is 0.779. The molecule has 2 aromatic rings. The van der Waals surface area contributed by atoms with Crippen molar-refractivity contribution in [2.75, 3.05) is 13.6 Å². The first-order valence-electron chi connectivity index (χ1n) is 5.75. The summed E-state index contributed by atoms with van der Waals surface area (Å²) in [5, 5.41) is 13.7. The minimum absolute atomic E-state index is 0.943. The number of hydrogen-bond donors (Lipinski definition) is 1. The molecule has 0 fully saturated rings. The SMILES string of the molecule is CNCCc1nnc(-c2ccc(C)c(C)c2)s1. The molecule has 0 saturated carbocycles. The van der Waals surface area contributed by atoms with Crippen LogP contribution in [0.3, 0.4) is 0 Å². The third-order valence-electron chi connectivity index (χ3n) is 2.81. The summed E-state index contributed by atoms with van der Waals surface area (Å²) in [5.74, 6) is 0. The Morgan fingerprint density at radius 1 is 1.18 bits per heavy atom. The first-order valence-corrected chi connectivity index (χ1v) is 6.57. The Morgan fingerprint density at radius 2 is 2.00 bits per heavy atom. The third-order valence-corrected chi connectivity index (χ3v) is 3.84. The molecular weight excluding hydrogens is 230 g/mol. The minimum Gasteiger partial charge on any atom is -0.319 e. The van der Waals surface area contributed by atoms with Crippen LogP contribution in [-0.2, 0) is 6.42 Å². The van der Waals surface area contributed by atoms with Gasteiger partial charge in [0.2, 0.25) is 0 Å². The molecule has 0 amide bonds. The number of nitrogens with one attached hydrogen (secondary N) is 1. The van der Waals surface area contributed by atoms with Crippen molar-refractivity contribution >= 4 is 11.3 Å². The third kappa shape index (κ3) is 2.90. The van der Waals surface area contributed by atoms with Gasteiger partial charge in [0, 0.05) is 18.5 Å². The second kappa shape index (κ2) is 5.38. The number of aromatic nitrogens is 2. The van der Waals surface area contributed by atoms with Gasteiger partial charge in [-0.15, -0.1) is 10.2 Å². The molecule has 0 atom stereocenters. The van der Waals surface area contributed by atoms with E-state index in [0.29, 0.717) is 0 Å². The highest BCUT2D eigenvalue weighted by Crippen LogP contribution is 2.25. The maximum Gasteiger partial charge on any atom is 0.147 e. The van der Waals surface area contributed by atoms with Gasteiger partial charge in [0.05, 0.1) is 0 Å². The van der Waals surface area contributed by atoms with Crippen molar-refractivity contribution in [1.29, 1.82) is 0 Å². The van der Waals surface area contributed by atoms with Crippen molar-refractivity contribution in [2.24, 2.45) is 0 Å². The minimum atomic E-state index is 0.943. The van der Waals surface area contributed by atoms with Gasteiger partial charge in [-0.05, 0) is 38.1 Å². The normalized spacial score (nSPS) is 10.8. The van der Waals surface area contributed by atoms with Crippen molar-refractivity contribution in [3.05, 3.63) is 34.3 Å². The lowest BCUT2D eigenvalue weighted by Gasteiger charge is -2.01. The van der Waals surface area contributed by atoms with Gasteiger partial charge < -0.3 is 5.32 Å². The van der Waals surface area contributed by atoms with E-state index in [9.17, 15) is 0 Å². The summed E-state index contributed by atoms with van der Waals surface area (Å²) in [6, 6.07) is 6.43. The molecule has 0 radical (unpaired) electrons. The maximum atomic E-state index is 4.25. The van der Waals surface area contributed by atoms with Gasteiger partial charge in [-0.25, -0.2) is 0 Å². The molecule has 1 N–H and O–H groups in total. The van der Waals surface area contributed by atoms with Gasteiger partial charge in [0.25, 0.3) is 0 Å². The van der Waals surface area contributed by atoms with E-state index in [1.54, 1.807) is 11.3 Å². The van der Waals surface area contributed by atoms with Crippen LogP contribution in [0, 0.1) is 13.8 Å². The Kier molecular flexibility index (Phi) is 3.86. The summed E-state index contributed by atoms with van der Waals surface area (Å²) in [6.07, 6.45) is 0.943. The molecule has 4 heteroatoms. The van der Waals surface area contributed by atoms with Gasteiger partial charge in [-0.2, -0.15) is 0 Å². The lowest BCUT2D eigenvalue weighted by atomic mass is 10.1. The number of likely N-dealkylation sites (N-methyl/N-ethyl adjacent to an activating group) is 1. The Balaban J connectivity index is 2.21. The fourth-order valence-electron chi connectivity index (χ4n) is 1.58. The summed E-state index contributed by atoms with van der Waals surface area (Å²) in [4.78, 5) is 0. The van der Waals surface area contributed by atoms with Crippen molar-refractivity contribution in [1.82, 2.24) is 15.5 Å². The van der Waals surface area contributed by atoms with Crippen molar-refractivity contribution in [2.45, 2.75) is 20.3 Å². The van der Waals surface area contributed by atoms with Crippen LogP contribution in [-0.4, -0.2) is 23.8 Å². The average Bonchev–Trinajstić information content (AvgIpc) is 2.79. The first kappa shape index (κ1) is 12.2. The van der Waals surface area contributed by atoms with E-state index in [-0.39, 0.29) is 0 Å². The van der Waals surface area contributed by atoms with E-state index < -0.39 is 0 Å². The van der Waals surface area contributed by atoms with Crippen molar-refractivity contribution < 1.29 is 0 Å². The van der Waals surface area contributed by atoms with E-state index in [0.717, 1.165) is 23.0 Å². The maximum absolute atomic E-state index is 4.25. The molecule has 0 saturated heterocycles. The predicted molar refractivity (Wildman–Crippen MR) is 72.4 cm³/mol. The van der Waals surface area contributed by atoms with Crippen LogP contribution in [0.5, 0.6) is 0 Å². The largest absolute Gasteiger partial charge is 0.319 e. The summed E-state index contributed by atoms with van der Waals surface area (Å²) in [5.41, 5.74) is 3.78. The molecule has 0 aliphatic rings. The lowest BCUT2D eigenvalue weighted by Crippen LogP contribution is -2.09. The van der Waals surface area contributed by atoms with Crippen LogP contribution in [0.25, 0.3) is 10.6 Å². The molecule has 1 aromatic carbocycles.